The number of aromatic nitrogens is 1. The highest BCUT2D eigenvalue weighted by molar-refractivity contribution is 6.08. The summed E-state index contributed by atoms with van der Waals surface area (Å²) in [7, 11) is 0. The van der Waals surface area contributed by atoms with Crippen LogP contribution in [0, 0.1) is 5.92 Å². The molecular weight excluding hydrogens is 250 g/mol. The number of Topliss-reactive ketones (excluding diaryl/α,β-unsaturated/α-hetero) is 1. The molecule has 3 nitrogen and oxygen atoms in total. The van der Waals surface area contributed by atoms with Gasteiger partial charge in [0, 0.05) is 29.1 Å². The summed E-state index contributed by atoms with van der Waals surface area (Å²) in [6.07, 6.45) is 6.34. The number of aromatic amines is 1. The molecule has 2 aromatic rings. The van der Waals surface area contributed by atoms with E-state index in [0.717, 1.165) is 22.2 Å². The number of H-pyrrole nitrogens is 1. The van der Waals surface area contributed by atoms with Crippen molar-refractivity contribution in [3.8, 4) is 5.75 Å². The number of carbonyl (C=O) groups is 1. The second-order valence-electron chi connectivity index (χ2n) is 6.00. The van der Waals surface area contributed by atoms with Gasteiger partial charge in [0.05, 0.1) is 6.10 Å². The van der Waals surface area contributed by atoms with E-state index in [1.165, 1.54) is 19.3 Å². The molecule has 1 heterocycles. The quantitative estimate of drug-likeness (QED) is 0.822. The number of benzene rings is 1. The number of ketones is 1. The van der Waals surface area contributed by atoms with Crippen LogP contribution in [0.25, 0.3) is 10.9 Å². The van der Waals surface area contributed by atoms with Crippen molar-refractivity contribution in [2.75, 3.05) is 0 Å². The minimum absolute atomic E-state index is 0.139. The number of fused-ring (bicyclic) bond motifs is 1. The van der Waals surface area contributed by atoms with Gasteiger partial charge in [0.1, 0.15) is 5.75 Å². The summed E-state index contributed by atoms with van der Waals surface area (Å²) in [5.41, 5.74) is 1.80. The third kappa shape index (κ3) is 2.58. The van der Waals surface area contributed by atoms with E-state index < -0.39 is 0 Å². The number of hydrogen-bond donors (Lipinski definition) is 1. The zero-order chi connectivity index (χ0) is 14.1. The van der Waals surface area contributed by atoms with Gasteiger partial charge in [-0.1, -0.05) is 19.3 Å². The van der Waals surface area contributed by atoms with Crippen LogP contribution < -0.4 is 4.74 Å². The van der Waals surface area contributed by atoms with Crippen molar-refractivity contribution in [2.45, 2.75) is 45.6 Å². The predicted molar refractivity (Wildman–Crippen MR) is 80.4 cm³/mol. The molecule has 0 radical (unpaired) electrons. The van der Waals surface area contributed by atoms with Crippen molar-refractivity contribution in [3.05, 3.63) is 30.0 Å². The maximum atomic E-state index is 12.4. The van der Waals surface area contributed by atoms with Crippen molar-refractivity contribution in [2.24, 2.45) is 5.92 Å². The van der Waals surface area contributed by atoms with Gasteiger partial charge < -0.3 is 9.72 Å². The van der Waals surface area contributed by atoms with Crippen LogP contribution in [0.15, 0.2) is 24.4 Å². The van der Waals surface area contributed by atoms with Crippen LogP contribution in [0.5, 0.6) is 5.75 Å². The van der Waals surface area contributed by atoms with Crippen LogP contribution in [0.4, 0.5) is 0 Å². The molecule has 0 bridgehead atoms. The Morgan fingerprint density at radius 1 is 1.40 bits per heavy atom. The van der Waals surface area contributed by atoms with E-state index in [1.807, 2.05) is 38.2 Å². The molecule has 1 fully saturated rings. The van der Waals surface area contributed by atoms with E-state index in [2.05, 4.69) is 4.98 Å². The molecule has 0 spiro atoms. The molecule has 1 saturated carbocycles. The molecule has 3 rings (SSSR count). The van der Waals surface area contributed by atoms with Crippen molar-refractivity contribution >= 4 is 16.7 Å². The first-order valence-electron chi connectivity index (χ1n) is 7.44. The largest absolute Gasteiger partial charge is 0.491 e. The standard InChI is InChI=1S/C17H21NO2/c1-11(2)20-13-6-7-16-14(9-13)15(10-18-16)17(19)8-12-4-3-5-12/h6-7,9-12,18H,3-5,8H2,1-2H3. The molecule has 1 N–H and O–H groups in total. The summed E-state index contributed by atoms with van der Waals surface area (Å²) < 4.78 is 5.71. The lowest BCUT2D eigenvalue weighted by Crippen LogP contribution is -2.15. The smallest absolute Gasteiger partial charge is 0.165 e. The first-order chi connectivity index (χ1) is 9.63. The highest BCUT2D eigenvalue weighted by atomic mass is 16.5. The van der Waals surface area contributed by atoms with Crippen LogP contribution >= 0.6 is 0 Å². The van der Waals surface area contributed by atoms with Crippen LogP contribution in [-0.2, 0) is 0 Å². The topological polar surface area (TPSA) is 42.1 Å². The molecule has 20 heavy (non-hydrogen) atoms. The van der Waals surface area contributed by atoms with Gasteiger partial charge in [-0.2, -0.15) is 0 Å². The van der Waals surface area contributed by atoms with Crippen LogP contribution in [-0.4, -0.2) is 16.9 Å². The summed E-state index contributed by atoms with van der Waals surface area (Å²) in [6.45, 7) is 4.01. The molecule has 1 aliphatic rings. The molecule has 0 saturated heterocycles. The molecule has 0 unspecified atom stereocenters. The Morgan fingerprint density at radius 2 is 2.20 bits per heavy atom. The summed E-state index contributed by atoms with van der Waals surface area (Å²) >= 11 is 0. The summed E-state index contributed by atoms with van der Waals surface area (Å²) in [6, 6.07) is 5.89. The lowest BCUT2D eigenvalue weighted by Gasteiger charge is -2.24. The van der Waals surface area contributed by atoms with Gasteiger partial charge in [0.15, 0.2) is 5.78 Å². The normalized spacial score (nSPS) is 15.6. The van der Waals surface area contributed by atoms with Crippen molar-refractivity contribution in [3.63, 3.8) is 0 Å². The van der Waals surface area contributed by atoms with E-state index in [1.54, 1.807) is 0 Å². The average molecular weight is 271 g/mol. The van der Waals surface area contributed by atoms with Crippen LogP contribution in [0.1, 0.15) is 49.9 Å². The minimum Gasteiger partial charge on any atom is -0.491 e. The van der Waals surface area contributed by atoms with E-state index in [0.29, 0.717) is 12.3 Å². The second-order valence-corrected chi connectivity index (χ2v) is 6.00. The van der Waals surface area contributed by atoms with Gasteiger partial charge in [-0.3, -0.25) is 4.79 Å². The molecule has 1 aromatic heterocycles. The molecule has 1 aromatic carbocycles. The Balaban J connectivity index is 1.87. The number of hydrogen-bond acceptors (Lipinski definition) is 2. The highest BCUT2D eigenvalue weighted by Gasteiger charge is 2.22. The molecule has 3 heteroatoms. The first-order valence-corrected chi connectivity index (χ1v) is 7.44. The lowest BCUT2D eigenvalue weighted by atomic mass is 9.81. The Kier molecular flexibility index (Phi) is 3.51. The van der Waals surface area contributed by atoms with E-state index in [4.69, 9.17) is 4.74 Å². The van der Waals surface area contributed by atoms with Gasteiger partial charge in [-0.25, -0.2) is 0 Å². The van der Waals surface area contributed by atoms with Gasteiger partial charge in [0.2, 0.25) is 0 Å². The van der Waals surface area contributed by atoms with E-state index in [-0.39, 0.29) is 11.9 Å². The van der Waals surface area contributed by atoms with Crippen molar-refractivity contribution < 1.29 is 9.53 Å². The molecule has 0 atom stereocenters. The monoisotopic (exact) mass is 271 g/mol. The van der Waals surface area contributed by atoms with Crippen LogP contribution in [0.3, 0.4) is 0 Å². The Hall–Kier alpha value is -1.77. The van der Waals surface area contributed by atoms with E-state index >= 15 is 0 Å². The predicted octanol–water partition coefficient (Wildman–Crippen LogP) is 4.33. The van der Waals surface area contributed by atoms with Gasteiger partial charge >= 0.3 is 0 Å². The van der Waals surface area contributed by atoms with Gasteiger partial charge in [0.25, 0.3) is 0 Å². The summed E-state index contributed by atoms with van der Waals surface area (Å²) in [5.74, 6) is 1.68. The van der Waals surface area contributed by atoms with Gasteiger partial charge in [-0.05, 0) is 38.0 Å². The number of carbonyl (C=O) groups excluding carboxylic acids is 1. The fourth-order valence-corrected chi connectivity index (χ4v) is 2.74. The fourth-order valence-electron chi connectivity index (χ4n) is 2.74. The molecule has 106 valence electrons. The molecular formula is C17H21NO2. The molecule has 0 aliphatic heterocycles. The highest BCUT2D eigenvalue weighted by Crippen LogP contribution is 2.32. The molecule has 1 aliphatic carbocycles. The molecule has 0 amide bonds. The number of ether oxygens (including phenoxy) is 1. The van der Waals surface area contributed by atoms with Gasteiger partial charge in [-0.15, -0.1) is 0 Å². The summed E-state index contributed by atoms with van der Waals surface area (Å²) in [5, 5.41) is 0.979. The Bertz CT molecular complexity index is 623. The number of rotatable bonds is 5. The second kappa shape index (κ2) is 5.31. The van der Waals surface area contributed by atoms with Crippen LogP contribution in [0.2, 0.25) is 0 Å². The zero-order valence-electron chi connectivity index (χ0n) is 12.1. The Labute approximate surface area is 119 Å². The SMILES string of the molecule is CC(C)Oc1ccc2[nH]cc(C(=O)CC3CCC3)c2c1. The third-order valence-electron chi connectivity index (χ3n) is 4.02. The fraction of sp³-hybridized carbons (Fsp3) is 0.471. The maximum Gasteiger partial charge on any atom is 0.165 e. The third-order valence-corrected chi connectivity index (χ3v) is 4.02. The minimum atomic E-state index is 0.139. The average Bonchev–Trinajstić information content (AvgIpc) is 2.76. The van der Waals surface area contributed by atoms with Crippen molar-refractivity contribution in [1.82, 2.24) is 4.98 Å². The van der Waals surface area contributed by atoms with Crippen molar-refractivity contribution in [1.29, 1.82) is 0 Å². The van der Waals surface area contributed by atoms with E-state index in [9.17, 15) is 4.79 Å². The number of nitrogens with one attached hydrogen (secondary N) is 1. The summed E-state index contributed by atoms with van der Waals surface area (Å²) in [4.78, 5) is 15.6. The first kappa shape index (κ1) is 13.2. The maximum absolute atomic E-state index is 12.4. The Morgan fingerprint density at radius 3 is 2.85 bits per heavy atom. The lowest BCUT2D eigenvalue weighted by molar-refractivity contribution is 0.0938. The zero-order valence-corrected chi connectivity index (χ0v) is 12.1.